The van der Waals surface area contributed by atoms with Gasteiger partial charge in [-0.1, -0.05) is 12.6 Å². The predicted molar refractivity (Wildman–Crippen MR) is 153 cm³/mol. The normalized spacial score (nSPS) is 17.9. The summed E-state index contributed by atoms with van der Waals surface area (Å²) < 4.78 is 5.24. The molecule has 9 heteroatoms. The van der Waals surface area contributed by atoms with Crippen molar-refractivity contribution in [1.29, 1.82) is 0 Å². The molecule has 2 amide bonds. The molecule has 3 heterocycles. The molecule has 1 aromatic carbocycles. The number of nitrogens with zero attached hydrogens (tertiary/aromatic N) is 3. The summed E-state index contributed by atoms with van der Waals surface area (Å²) in [6, 6.07) is 14.1. The van der Waals surface area contributed by atoms with Gasteiger partial charge >= 0.3 is 0 Å². The number of hydrogen-bond donors (Lipinski definition) is 2. The van der Waals surface area contributed by atoms with Crippen LogP contribution in [0.4, 0.5) is 4.79 Å². The Kier molecular flexibility index (Phi) is 9.51. The highest BCUT2D eigenvalue weighted by Crippen LogP contribution is 2.24. The van der Waals surface area contributed by atoms with E-state index in [1.54, 1.807) is 19.4 Å². The van der Waals surface area contributed by atoms with Crippen molar-refractivity contribution in [2.24, 2.45) is 10.9 Å². The third-order valence-corrected chi connectivity index (χ3v) is 7.28. The molecule has 2 saturated heterocycles. The number of amides is 2. The van der Waals surface area contributed by atoms with Crippen LogP contribution in [0.3, 0.4) is 0 Å². The molecule has 4 rings (SSSR count). The van der Waals surface area contributed by atoms with Crippen molar-refractivity contribution in [2.75, 3.05) is 26.7 Å². The molecule has 0 radical (unpaired) electrons. The van der Waals surface area contributed by atoms with Crippen LogP contribution in [-0.4, -0.2) is 54.0 Å². The lowest BCUT2D eigenvalue weighted by Crippen LogP contribution is -2.36. The van der Waals surface area contributed by atoms with Crippen molar-refractivity contribution in [3.05, 3.63) is 83.2 Å². The highest BCUT2D eigenvalue weighted by Gasteiger charge is 2.24. The molecule has 38 heavy (non-hydrogen) atoms. The minimum absolute atomic E-state index is 0.342. The zero-order chi connectivity index (χ0) is 26.9. The van der Waals surface area contributed by atoms with E-state index < -0.39 is 0 Å². The molecule has 2 aliphatic rings. The molecule has 0 saturated carbocycles. The second-order valence-electron chi connectivity index (χ2n) is 9.26. The number of likely N-dealkylation sites (tertiary alicyclic amines) is 1. The van der Waals surface area contributed by atoms with Crippen LogP contribution in [-0.2, 0) is 11.3 Å². The topological polar surface area (TPSA) is 95.9 Å². The fraction of sp³-hybridized carbons (Fsp3) is 0.310. The Morgan fingerprint density at radius 1 is 1.24 bits per heavy atom. The highest BCUT2D eigenvalue weighted by atomic mass is 32.2. The number of thioether (sulfide) groups is 1. The number of carbonyl (C=O) groups is 2. The van der Waals surface area contributed by atoms with E-state index in [1.807, 2.05) is 49.4 Å². The van der Waals surface area contributed by atoms with E-state index in [0.717, 1.165) is 84.9 Å². The first-order valence-electron chi connectivity index (χ1n) is 12.6. The van der Waals surface area contributed by atoms with Crippen LogP contribution in [0.25, 0.3) is 11.3 Å². The highest BCUT2D eigenvalue weighted by molar-refractivity contribution is 8.18. The van der Waals surface area contributed by atoms with Crippen LogP contribution >= 0.6 is 11.8 Å². The van der Waals surface area contributed by atoms with Gasteiger partial charge in [0.05, 0.1) is 23.4 Å². The number of nitrogens with one attached hydrogen (secondary N) is 2. The number of rotatable bonds is 10. The van der Waals surface area contributed by atoms with Crippen LogP contribution in [0, 0.1) is 5.92 Å². The summed E-state index contributed by atoms with van der Waals surface area (Å²) in [4.78, 5) is 34.8. The molecule has 2 aliphatic heterocycles. The molecular formula is C29H33N5O3S. The third kappa shape index (κ3) is 7.66. The Balaban J connectivity index is 1.19. The molecule has 1 aromatic heterocycles. The average molecular weight is 532 g/mol. The van der Waals surface area contributed by atoms with Gasteiger partial charge in [0, 0.05) is 31.4 Å². The summed E-state index contributed by atoms with van der Waals surface area (Å²) in [5.41, 5.74) is 3.89. The first kappa shape index (κ1) is 27.3. The summed E-state index contributed by atoms with van der Waals surface area (Å²) in [6.45, 7) is 9.49. The van der Waals surface area contributed by atoms with Gasteiger partial charge in [0.15, 0.2) is 0 Å². The number of hydrogen-bond acceptors (Lipinski definition) is 8. The van der Waals surface area contributed by atoms with Gasteiger partial charge in [-0.2, -0.15) is 0 Å². The van der Waals surface area contributed by atoms with Crippen LogP contribution in [0.15, 0.2) is 82.5 Å². The molecule has 0 aliphatic carbocycles. The maximum Gasteiger partial charge on any atom is 0.290 e. The molecule has 0 atom stereocenters. The Bertz CT molecular complexity index is 1260. The molecule has 2 fully saturated rings. The maximum absolute atomic E-state index is 11.6. The zero-order valence-corrected chi connectivity index (χ0v) is 22.6. The van der Waals surface area contributed by atoms with E-state index in [2.05, 4.69) is 33.2 Å². The standard InChI is InChI=1S/C29H33N5O3S/c1-20(17-27-28(35)33-29(36)38-27)11-14-31-21(2)34-15-12-22(13-16-34)18-30-19-24-5-4-6-26(32-24)23-7-9-25(37-3)10-8-23/h4-11,14,17,22,30H,2,12-13,15-16,18-19H2,1,3H3,(H,33,35,36)/b20-11+,27-17-,31-14-. The SMILES string of the molecule is C=C(\N=C/C=C(C)/C=C1\SC(=O)NC1=O)N1CCC(CNCc2cccc(-c3ccc(OC)cc3)n2)CC1. The van der Waals surface area contributed by atoms with Gasteiger partial charge in [0.1, 0.15) is 11.6 Å². The molecule has 198 valence electrons. The molecule has 0 unspecified atom stereocenters. The minimum Gasteiger partial charge on any atom is -0.497 e. The Morgan fingerprint density at radius 3 is 2.68 bits per heavy atom. The molecule has 0 spiro atoms. The lowest BCUT2D eigenvalue weighted by Gasteiger charge is -2.33. The molecule has 8 nitrogen and oxygen atoms in total. The monoisotopic (exact) mass is 531 g/mol. The molecular weight excluding hydrogens is 498 g/mol. The summed E-state index contributed by atoms with van der Waals surface area (Å²) in [5, 5.41) is 5.48. The van der Waals surface area contributed by atoms with Crippen molar-refractivity contribution in [1.82, 2.24) is 20.5 Å². The summed E-state index contributed by atoms with van der Waals surface area (Å²) in [6.07, 6.45) is 7.32. The first-order chi connectivity index (χ1) is 18.4. The number of benzene rings is 1. The number of piperidine rings is 1. The number of ether oxygens (including phenoxy) is 1. The van der Waals surface area contributed by atoms with Gasteiger partial charge in [-0.25, -0.2) is 4.99 Å². The maximum atomic E-state index is 11.6. The third-order valence-electron chi connectivity index (χ3n) is 6.47. The fourth-order valence-electron chi connectivity index (χ4n) is 4.30. The quantitative estimate of drug-likeness (QED) is 0.332. The van der Waals surface area contributed by atoms with Crippen LogP contribution in [0.5, 0.6) is 5.75 Å². The van der Waals surface area contributed by atoms with Gasteiger partial charge in [0.25, 0.3) is 11.1 Å². The zero-order valence-electron chi connectivity index (χ0n) is 21.8. The summed E-state index contributed by atoms with van der Waals surface area (Å²) in [5.74, 6) is 1.81. The van der Waals surface area contributed by atoms with Gasteiger partial charge in [0.2, 0.25) is 0 Å². The van der Waals surface area contributed by atoms with Crippen LogP contribution in [0.1, 0.15) is 25.5 Å². The lowest BCUT2D eigenvalue weighted by atomic mass is 9.97. The van der Waals surface area contributed by atoms with E-state index in [-0.39, 0.29) is 11.1 Å². The molecule has 2 N–H and O–H groups in total. The summed E-state index contributed by atoms with van der Waals surface area (Å²) >= 11 is 0.907. The van der Waals surface area contributed by atoms with Crippen molar-refractivity contribution >= 4 is 29.1 Å². The van der Waals surface area contributed by atoms with Crippen molar-refractivity contribution < 1.29 is 14.3 Å². The Labute approximate surface area is 228 Å². The number of aromatic nitrogens is 1. The molecule has 0 bridgehead atoms. The van der Waals surface area contributed by atoms with Gasteiger partial charge in [-0.05, 0) is 98.1 Å². The van der Waals surface area contributed by atoms with Gasteiger partial charge < -0.3 is 15.0 Å². The second-order valence-corrected chi connectivity index (χ2v) is 10.3. The smallest absolute Gasteiger partial charge is 0.290 e. The van der Waals surface area contributed by atoms with E-state index >= 15 is 0 Å². The number of carbonyl (C=O) groups excluding carboxylic acids is 2. The Morgan fingerprint density at radius 2 is 2.00 bits per heavy atom. The number of aliphatic imine (C=N–C) groups is 1. The number of imide groups is 1. The average Bonchev–Trinajstić information content (AvgIpc) is 3.25. The van der Waals surface area contributed by atoms with E-state index in [1.165, 1.54) is 0 Å². The number of pyridine rings is 1. The van der Waals surface area contributed by atoms with E-state index in [4.69, 9.17) is 9.72 Å². The van der Waals surface area contributed by atoms with Crippen molar-refractivity contribution in [2.45, 2.75) is 26.3 Å². The Hall–Kier alpha value is -3.69. The largest absolute Gasteiger partial charge is 0.497 e. The molecule has 2 aromatic rings. The van der Waals surface area contributed by atoms with Crippen LogP contribution < -0.4 is 15.4 Å². The summed E-state index contributed by atoms with van der Waals surface area (Å²) in [7, 11) is 1.67. The second kappa shape index (κ2) is 13.2. The minimum atomic E-state index is -0.357. The van der Waals surface area contributed by atoms with Crippen molar-refractivity contribution in [3.63, 3.8) is 0 Å². The lowest BCUT2D eigenvalue weighted by molar-refractivity contribution is -0.115. The predicted octanol–water partition coefficient (Wildman–Crippen LogP) is 4.91. The van der Waals surface area contributed by atoms with Gasteiger partial charge in [-0.15, -0.1) is 0 Å². The fourth-order valence-corrected chi connectivity index (χ4v) is 5.03. The van der Waals surface area contributed by atoms with Crippen molar-refractivity contribution in [3.8, 4) is 17.0 Å². The van der Waals surface area contributed by atoms with E-state index in [9.17, 15) is 9.59 Å². The number of allylic oxidation sites excluding steroid dienone is 3. The van der Waals surface area contributed by atoms with E-state index in [0.29, 0.717) is 10.8 Å². The van der Waals surface area contributed by atoms with Crippen LogP contribution in [0.2, 0.25) is 0 Å². The first-order valence-corrected chi connectivity index (χ1v) is 13.4. The van der Waals surface area contributed by atoms with Gasteiger partial charge in [-0.3, -0.25) is 19.9 Å². The number of methoxy groups -OCH3 is 1.